The third kappa shape index (κ3) is 4.30. The minimum absolute atomic E-state index is 0.0633. The number of para-hydroxylation sites is 1. The molecule has 0 aliphatic heterocycles. The highest BCUT2D eigenvalue weighted by Crippen LogP contribution is 2.61. The van der Waals surface area contributed by atoms with Gasteiger partial charge in [-0.05, 0) is 86.7 Å². The van der Waals surface area contributed by atoms with Crippen LogP contribution < -0.4 is 4.90 Å². The first-order chi connectivity index (χ1) is 22.6. The Morgan fingerprint density at radius 1 is 0.617 bits per heavy atom. The number of furan rings is 1. The van der Waals surface area contributed by atoms with E-state index in [1.807, 2.05) is 0 Å². The fourth-order valence-corrected chi connectivity index (χ4v) is 8.62. The maximum atomic E-state index is 6.97. The smallest absolute Gasteiger partial charge is 0.145 e. The SMILES string of the molecule is CC(C)C1(C(C)C)c2ccccc2-c2c1cc(N(c1ccc(C(C)(C)C)cc1)c1ccc3ccccc3c1)c1c2oc2ccccc21. The van der Waals surface area contributed by atoms with Crippen LogP contribution in [0.4, 0.5) is 17.1 Å². The van der Waals surface area contributed by atoms with Gasteiger partial charge in [0, 0.05) is 27.7 Å². The summed E-state index contributed by atoms with van der Waals surface area (Å²) in [5, 5.41) is 4.76. The van der Waals surface area contributed by atoms with Gasteiger partial charge in [0.2, 0.25) is 0 Å². The van der Waals surface area contributed by atoms with Gasteiger partial charge in [0.25, 0.3) is 0 Å². The Bertz CT molecular complexity index is 2290. The van der Waals surface area contributed by atoms with Crippen molar-refractivity contribution in [3.8, 4) is 11.1 Å². The lowest BCUT2D eigenvalue weighted by atomic mass is 9.63. The number of hydrogen-bond acceptors (Lipinski definition) is 2. The molecule has 1 aliphatic rings. The second-order valence-corrected chi connectivity index (χ2v) is 15.0. The molecule has 234 valence electrons. The van der Waals surface area contributed by atoms with Gasteiger partial charge in [-0.25, -0.2) is 0 Å². The number of anilines is 3. The van der Waals surface area contributed by atoms with Crippen molar-refractivity contribution in [1.82, 2.24) is 0 Å². The molecular formula is C45H43NO. The van der Waals surface area contributed by atoms with E-state index in [9.17, 15) is 0 Å². The Hall–Kier alpha value is -4.82. The van der Waals surface area contributed by atoms with E-state index < -0.39 is 0 Å². The fourth-order valence-electron chi connectivity index (χ4n) is 8.62. The van der Waals surface area contributed by atoms with E-state index in [0.717, 1.165) is 39.0 Å². The fraction of sp³-hybridized carbons (Fsp3) is 0.244. The first-order valence-corrected chi connectivity index (χ1v) is 17.1. The Balaban J connectivity index is 1.52. The summed E-state index contributed by atoms with van der Waals surface area (Å²) >= 11 is 0. The summed E-state index contributed by atoms with van der Waals surface area (Å²) in [6.45, 7) is 16.4. The van der Waals surface area contributed by atoms with Crippen LogP contribution in [0.2, 0.25) is 0 Å². The molecule has 0 spiro atoms. The molecule has 0 N–H and O–H groups in total. The summed E-state index contributed by atoms with van der Waals surface area (Å²) in [5.74, 6) is 0.750. The standard InChI is InChI=1S/C45H43NO/c1-28(2)45(29(3)4)37-18-12-10-16-35(37)41-38(45)27-39(42-36-17-11-13-19-40(36)47-43(41)42)46(33-24-21-32(22-25-33)44(5,6)7)34-23-20-30-14-8-9-15-31(30)26-34/h8-29H,1-7H3. The zero-order valence-electron chi connectivity index (χ0n) is 28.6. The minimum atomic E-state index is -0.168. The van der Waals surface area contributed by atoms with Crippen molar-refractivity contribution in [2.45, 2.75) is 59.3 Å². The lowest BCUT2D eigenvalue weighted by molar-refractivity contribution is 0.280. The predicted octanol–water partition coefficient (Wildman–Crippen LogP) is 13.1. The summed E-state index contributed by atoms with van der Waals surface area (Å²) < 4.78 is 6.97. The quantitative estimate of drug-likeness (QED) is 0.192. The third-order valence-corrected chi connectivity index (χ3v) is 10.8. The highest BCUT2D eigenvalue weighted by molar-refractivity contribution is 6.19. The first-order valence-electron chi connectivity index (χ1n) is 17.1. The predicted molar refractivity (Wildman–Crippen MR) is 201 cm³/mol. The summed E-state index contributed by atoms with van der Waals surface area (Å²) in [4.78, 5) is 2.47. The van der Waals surface area contributed by atoms with E-state index in [1.165, 1.54) is 38.6 Å². The Kier molecular flexibility index (Phi) is 6.67. The molecule has 0 fully saturated rings. The van der Waals surface area contributed by atoms with Crippen molar-refractivity contribution in [2.75, 3.05) is 4.90 Å². The van der Waals surface area contributed by atoms with Gasteiger partial charge in [-0.15, -0.1) is 0 Å². The van der Waals surface area contributed by atoms with Crippen molar-refractivity contribution < 1.29 is 4.42 Å². The van der Waals surface area contributed by atoms with Crippen LogP contribution in [0.1, 0.15) is 65.2 Å². The highest BCUT2D eigenvalue weighted by atomic mass is 16.3. The van der Waals surface area contributed by atoms with Crippen LogP contribution in [0.5, 0.6) is 0 Å². The maximum absolute atomic E-state index is 6.97. The monoisotopic (exact) mass is 613 g/mol. The van der Waals surface area contributed by atoms with Gasteiger partial charge in [-0.3, -0.25) is 0 Å². The topological polar surface area (TPSA) is 16.4 Å². The molecule has 1 aliphatic carbocycles. The van der Waals surface area contributed by atoms with Crippen molar-refractivity contribution in [2.24, 2.45) is 11.8 Å². The van der Waals surface area contributed by atoms with Crippen LogP contribution >= 0.6 is 0 Å². The zero-order chi connectivity index (χ0) is 32.7. The van der Waals surface area contributed by atoms with E-state index in [1.54, 1.807) is 0 Å². The second-order valence-electron chi connectivity index (χ2n) is 15.0. The summed E-state index contributed by atoms with van der Waals surface area (Å²) in [6, 6.07) is 44.8. The van der Waals surface area contributed by atoms with Gasteiger partial charge >= 0.3 is 0 Å². The molecule has 2 nitrogen and oxygen atoms in total. The number of nitrogens with zero attached hydrogens (tertiary/aromatic N) is 1. The van der Waals surface area contributed by atoms with Gasteiger partial charge in [-0.2, -0.15) is 0 Å². The van der Waals surface area contributed by atoms with Crippen LogP contribution in [0, 0.1) is 11.8 Å². The molecule has 1 heterocycles. The van der Waals surface area contributed by atoms with Gasteiger partial charge in [0.15, 0.2) is 0 Å². The molecule has 47 heavy (non-hydrogen) atoms. The molecule has 7 aromatic rings. The van der Waals surface area contributed by atoms with Gasteiger partial charge < -0.3 is 9.32 Å². The van der Waals surface area contributed by atoms with Gasteiger partial charge in [0.05, 0.1) is 11.1 Å². The van der Waals surface area contributed by atoms with E-state index in [2.05, 4.69) is 175 Å². The van der Waals surface area contributed by atoms with E-state index >= 15 is 0 Å². The normalized spacial score (nSPS) is 14.0. The number of rotatable bonds is 5. The molecule has 2 heteroatoms. The van der Waals surface area contributed by atoms with Gasteiger partial charge in [-0.1, -0.05) is 133 Å². The van der Waals surface area contributed by atoms with E-state index in [4.69, 9.17) is 4.42 Å². The Morgan fingerprint density at radius 3 is 1.98 bits per heavy atom. The van der Waals surface area contributed by atoms with Crippen molar-refractivity contribution >= 4 is 49.8 Å². The number of benzene rings is 6. The van der Waals surface area contributed by atoms with Crippen molar-refractivity contribution in [3.63, 3.8) is 0 Å². The van der Waals surface area contributed by atoms with E-state index in [0.29, 0.717) is 11.8 Å². The molecule has 0 saturated carbocycles. The molecule has 1 aromatic heterocycles. The summed E-state index contributed by atoms with van der Waals surface area (Å²) in [5.41, 5.74) is 11.9. The second kappa shape index (κ2) is 10.6. The Labute approximate surface area is 278 Å². The van der Waals surface area contributed by atoms with Crippen LogP contribution in [0.15, 0.2) is 126 Å². The third-order valence-electron chi connectivity index (χ3n) is 10.8. The van der Waals surface area contributed by atoms with Gasteiger partial charge in [0.1, 0.15) is 11.2 Å². The minimum Gasteiger partial charge on any atom is -0.455 e. The number of fused-ring (bicyclic) bond motifs is 8. The Morgan fingerprint density at radius 2 is 1.26 bits per heavy atom. The summed E-state index contributed by atoms with van der Waals surface area (Å²) in [6.07, 6.45) is 0. The first kappa shape index (κ1) is 29.6. The molecular weight excluding hydrogens is 571 g/mol. The lowest BCUT2D eigenvalue weighted by Gasteiger charge is -2.41. The average Bonchev–Trinajstić information content (AvgIpc) is 3.59. The van der Waals surface area contributed by atoms with Crippen LogP contribution in [-0.2, 0) is 10.8 Å². The largest absolute Gasteiger partial charge is 0.455 e. The van der Waals surface area contributed by atoms with Crippen LogP contribution in [-0.4, -0.2) is 0 Å². The van der Waals surface area contributed by atoms with Crippen molar-refractivity contribution in [1.29, 1.82) is 0 Å². The van der Waals surface area contributed by atoms with Crippen LogP contribution in [0.3, 0.4) is 0 Å². The molecule has 0 saturated heterocycles. The summed E-state index contributed by atoms with van der Waals surface area (Å²) in [7, 11) is 0. The molecule has 0 unspecified atom stereocenters. The highest BCUT2D eigenvalue weighted by Gasteiger charge is 2.49. The van der Waals surface area contributed by atoms with Crippen molar-refractivity contribution in [3.05, 3.63) is 138 Å². The number of hydrogen-bond donors (Lipinski definition) is 0. The molecule has 6 aromatic carbocycles. The maximum Gasteiger partial charge on any atom is 0.145 e. The van der Waals surface area contributed by atoms with Crippen LogP contribution in [0.25, 0.3) is 43.8 Å². The molecule has 0 atom stereocenters. The molecule has 8 rings (SSSR count). The van der Waals surface area contributed by atoms with E-state index in [-0.39, 0.29) is 10.8 Å². The lowest BCUT2D eigenvalue weighted by Crippen LogP contribution is -2.37. The average molecular weight is 614 g/mol. The molecule has 0 amide bonds. The molecule has 0 radical (unpaired) electrons. The zero-order valence-corrected chi connectivity index (χ0v) is 28.6. The molecule has 0 bridgehead atoms.